The summed E-state index contributed by atoms with van der Waals surface area (Å²) in [6.07, 6.45) is 2.16. The average Bonchev–Trinajstić information content (AvgIpc) is 2.40. The quantitative estimate of drug-likeness (QED) is 0.805. The summed E-state index contributed by atoms with van der Waals surface area (Å²) < 4.78 is 22.9. The van der Waals surface area contributed by atoms with Gasteiger partial charge in [-0.3, -0.25) is 4.79 Å². The molecule has 0 fully saturated rings. The first kappa shape index (κ1) is 18.0. The standard InChI is InChI=1S/C15H22ClNO3S/c1-5-11(6-2)15(18)17-14-10(4)8-13(21(16,19)20)9-12(14)7-3/h8-9,11H,5-7H2,1-4H3,(H,17,18). The van der Waals surface area contributed by atoms with Gasteiger partial charge in [0, 0.05) is 22.3 Å². The topological polar surface area (TPSA) is 63.2 Å². The van der Waals surface area contributed by atoms with Crippen LogP contribution in [0.3, 0.4) is 0 Å². The molecule has 21 heavy (non-hydrogen) atoms. The molecule has 118 valence electrons. The first-order chi connectivity index (χ1) is 9.74. The van der Waals surface area contributed by atoms with Gasteiger partial charge in [0.15, 0.2) is 0 Å². The number of carbonyl (C=O) groups excluding carboxylic acids is 1. The van der Waals surface area contributed by atoms with Crippen LogP contribution in [0, 0.1) is 12.8 Å². The monoisotopic (exact) mass is 331 g/mol. The molecule has 0 saturated carbocycles. The van der Waals surface area contributed by atoms with Gasteiger partial charge in [-0.2, -0.15) is 0 Å². The molecule has 0 bridgehead atoms. The summed E-state index contributed by atoms with van der Waals surface area (Å²) in [7, 11) is 1.63. The van der Waals surface area contributed by atoms with Crippen LogP contribution in [0.1, 0.15) is 44.7 Å². The summed E-state index contributed by atoms with van der Waals surface area (Å²) >= 11 is 0. The lowest BCUT2D eigenvalue weighted by Crippen LogP contribution is -2.23. The number of amides is 1. The Morgan fingerprint density at radius 2 is 1.81 bits per heavy atom. The van der Waals surface area contributed by atoms with Crippen molar-refractivity contribution in [1.82, 2.24) is 0 Å². The van der Waals surface area contributed by atoms with E-state index in [2.05, 4.69) is 5.32 Å². The van der Waals surface area contributed by atoms with E-state index < -0.39 is 9.05 Å². The molecule has 0 aliphatic carbocycles. The molecule has 0 saturated heterocycles. The van der Waals surface area contributed by atoms with Gasteiger partial charge in [0.05, 0.1) is 4.90 Å². The molecule has 0 radical (unpaired) electrons. The van der Waals surface area contributed by atoms with Crippen molar-refractivity contribution < 1.29 is 13.2 Å². The fourth-order valence-electron chi connectivity index (χ4n) is 2.31. The molecule has 1 aromatic carbocycles. The number of halogens is 1. The lowest BCUT2D eigenvalue weighted by atomic mass is 10.0. The highest BCUT2D eigenvalue weighted by molar-refractivity contribution is 8.13. The number of hydrogen-bond acceptors (Lipinski definition) is 3. The van der Waals surface area contributed by atoms with E-state index in [-0.39, 0.29) is 16.7 Å². The van der Waals surface area contributed by atoms with Gasteiger partial charge in [-0.1, -0.05) is 20.8 Å². The second kappa shape index (κ2) is 7.27. The Bertz CT molecular complexity index is 622. The van der Waals surface area contributed by atoms with Gasteiger partial charge < -0.3 is 5.32 Å². The van der Waals surface area contributed by atoms with E-state index in [4.69, 9.17) is 10.7 Å². The molecule has 0 aliphatic heterocycles. The van der Waals surface area contributed by atoms with Crippen LogP contribution >= 0.6 is 10.7 Å². The van der Waals surface area contributed by atoms with Crippen LogP contribution in [0.5, 0.6) is 0 Å². The Kier molecular flexibility index (Phi) is 6.23. The highest BCUT2D eigenvalue weighted by Crippen LogP contribution is 2.28. The highest BCUT2D eigenvalue weighted by atomic mass is 35.7. The third-order valence-corrected chi connectivity index (χ3v) is 4.99. The predicted molar refractivity (Wildman–Crippen MR) is 86.3 cm³/mol. The Morgan fingerprint density at radius 1 is 1.24 bits per heavy atom. The van der Waals surface area contributed by atoms with E-state index in [1.165, 1.54) is 12.1 Å². The van der Waals surface area contributed by atoms with Crippen molar-refractivity contribution in [3.63, 3.8) is 0 Å². The van der Waals surface area contributed by atoms with E-state index in [0.717, 1.165) is 18.4 Å². The smallest absolute Gasteiger partial charge is 0.261 e. The summed E-state index contributed by atoms with van der Waals surface area (Å²) in [5.41, 5.74) is 2.17. The zero-order valence-electron chi connectivity index (χ0n) is 12.9. The van der Waals surface area contributed by atoms with Crippen LogP contribution in [0.4, 0.5) is 5.69 Å². The second-order valence-corrected chi connectivity index (χ2v) is 7.63. The number of nitrogens with one attached hydrogen (secondary N) is 1. The molecule has 6 heteroatoms. The fourth-order valence-corrected chi connectivity index (χ4v) is 3.18. The highest BCUT2D eigenvalue weighted by Gasteiger charge is 2.19. The first-order valence-corrected chi connectivity index (χ1v) is 9.44. The molecule has 1 aromatic rings. The van der Waals surface area contributed by atoms with Gasteiger partial charge in [0.25, 0.3) is 9.05 Å². The van der Waals surface area contributed by atoms with Crippen LogP contribution in [0.2, 0.25) is 0 Å². The minimum absolute atomic E-state index is 0.0284. The number of benzene rings is 1. The molecule has 1 N–H and O–H groups in total. The van der Waals surface area contributed by atoms with Crippen LogP contribution in [0.25, 0.3) is 0 Å². The summed E-state index contributed by atoms with van der Waals surface area (Å²) in [6, 6.07) is 3.02. The molecule has 0 heterocycles. The zero-order valence-corrected chi connectivity index (χ0v) is 14.4. The predicted octanol–water partition coefficient (Wildman–Crippen LogP) is 3.86. The molecule has 4 nitrogen and oxygen atoms in total. The van der Waals surface area contributed by atoms with Crippen molar-refractivity contribution in [3.05, 3.63) is 23.3 Å². The molecular weight excluding hydrogens is 310 g/mol. The lowest BCUT2D eigenvalue weighted by Gasteiger charge is -2.18. The van der Waals surface area contributed by atoms with Crippen LogP contribution in [-0.2, 0) is 20.3 Å². The molecular formula is C15H22ClNO3S. The average molecular weight is 332 g/mol. The maximum Gasteiger partial charge on any atom is 0.261 e. The molecule has 0 atom stereocenters. The van der Waals surface area contributed by atoms with E-state index >= 15 is 0 Å². The van der Waals surface area contributed by atoms with Crippen molar-refractivity contribution in [2.45, 2.75) is 51.9 Å². The lowest BCUT2D eigenvalue weighted by molar-refractivity contribution is -0.120. The van der Waals surface area contributed by atoms with Gasteiger partial charge in [-0.15, -0.1) is 0 Å². The minimum atomic E-state index is -3.77. The van der Waals surface area contributed by atoms with Gasteiger partial charge in [-0.05, 0) is 49.4 Å². The summed E-state index contributed by atoms with van der Waals surface area (Å²) in [5.74, 6) is -0.0650. The maximum atomic E-state index is 12.2. The number of rotatable bonds is 6. The van der Waals surface area contributed by atoms with Crippen molar-refractivity contribution in [3.8, 4) is 0 Å². The Morgan fingerprint density at radius 3 is 2.24 bits per heavy atom. The minimum Gasteiger partial charge on any atom is -0.325 e. The van der Waals surface area contributed by atoms with E-state index in [1.807, 2.05) is 20.8 Å². The third-order valence-electron chi connectivity index (χ3n) is 3.66. The van der Waals surface area contributed by atoms with Crippen molar-refractivity contribution in [2.75, 3.05) is 5.32 Å². The largest absolute Gasteiger partial charge is 0.325 e. The maximum absolute atomic E-state index is 12.2. The molecule has 0 unspecified atom stereocenters. The Hall–Kier alpha value is -1.07. The normalized spacial score (nSPS) is 11.7. The fraction of sp³-hybridized carbons (Fsp3) is 0.533. The SMILES string of the molecule is CCc1cc(S(=O)(=O)Cl)cc(C)c1NC(=O)C(CC)CC. The molecule has 1 rings (SSSR count). The van der Waals surface area contributed by atoms with E-state index in [0.29, 0.717) is 17.7 Å². The van der Waals surface area contributed by atoms with Gasteiger partial charge in [-0.25, -0.2) is 8.42 Å². The van der Waals surface area contributed by atoms with Crippen LogP contribution < -0.4 is 5.32 Å². The van der Waals surface area contributed by atoms with Crippen molar-refractivity contribution in [2.24, 2.45) is 5.92 Å². The summed E-state index contributed by atoms with van der Waals surface area (Å²) in [4.78, 5) is 12.3. The number of aryl methyl sites for hydroxylation is 2. The number of carbonyl (C=O) groups is 1. The number of anilines is 1. The van der Waals surface area contributed by atoms with Gasteiger partial charge in [0.1, 0.15) is 0 Å². The van der Waals surface area contributed by atoms with Crippen molar-refractivity contribution >= 4 is 31.3 Å². The summed E-state index contributed by atoms with van der Waals surface area (Å²) in [6.45, 7) is 7.63. The third kappa shape index (κ3) is 4.45. The number of hydrogen-bond donors (Lipinski definition) is 1. The zero-order chi connectivity index (χ0) is 16.2. The van der Waals surface area contributed by atoms with E-state index in [1.54, 1.807) is 6.92 Å². The Labute approximate surface area is 131 Å². The van der Waals surface area contributed by atoms with E-state index in [9.17, 15) is 13.2 Å². The van der Waals surface area contributed by atoms with Crippen LogP contribution in [0.15, 0.2) is 17.0 Å². The molecule has 0 aliphatic rings. The molecule has 0 aromatic heterocycles. The Balaban J connectivity index is 3.22. The van der Waals surface area contributed by atoms with Crippen LogP contribution in [-0.4, -0.2) is 14.3 Å². The molecule has 0 spiro atoms. The second-order valence-electron chi connectivity index (χ2n) is 5.07. The molecule has 1 amide bonds. The van der Waals surface area contributed by atoms with Gasteiger partial charge >= 0.3 is 0 Å². The summed E-state index contributed by atoms with van der Waals surface area (Å²) in [5, 5.41) is 2.93. The van der Waals surface area contributed by atoms with Crippen molar-refractivity contribution in [1.29, 1.82) is 0 Å². The van der Waals surface area contributed by atoms with Gasteiger partial charge in [0.2, 0.25) is 5.91 Å². The first-order valence-electron chi connectivity index (χ1n) is 7.13.